The standard InChI is InChI=1S/C15H16BrN3O/c1-3-15(20)19-12-6-7-14(17-9-12)18-11-5-4-10(2)13(16)8-11/h4-9H,3H2,1-2H3,(H,17,18)(H,19,20). The highest BCUT2D eigenvalue weighted by Crippen LogP contribution is 2.23. The number of nitrogens with one attached hydrogen (secondary N) is 2. The lowest BCUT2D eigenvalue weighted by Gasteiger charge is -2.08. The quantitative estimate of drug-likeness (QED) is 0.879. The SMILES string of the molecule is CCC(=O)Nc1ccc(Nc2ccc(C)c(Br)c2)nc1. The number of rotatable bonds is 4. The van der Waals surface area contributed by atoms with Crippen LogP contribution in [0.5, 0.6) is 0 Å². The lowest BCUT2D eigenvalue weighted by atomic mass is 10.2. The van der Waals surface area contributed by atoms with E-state index in [0.29, 0.717) is 12.1 Å². The second kappa shape index (κ2) is 6.52. The van der Waals surface area contributed by atoms with Crippen molar-refractivity contribution in [1.29, 1.82) is 0 Å². The minimum atomic E-state index is -0.0185. The number of benzene rings is 1. The van der Waals surface area contributed by atoms with Crippen LogP contribution in [0.2, 0.25) is 0 Å². The molecule has 2 N–H and O–H groups in total. The smallest absolute Gasteiger partial charge is 0.224 e. The summed E-state index contributed by atoms with van der Waals surface area (Å²) in [5, 5.41) is 5.98. The van der Waals surface area contributed by atoms with E-state index in [0.717, 1.165) is 16.0 Å². The molecule has 0 radical (unpaired) electrons. The van der Waals surface area contributed by atoms with E-state index in [4.69, 9.17) is 0 Å². The van der Waals surface area contributed by atoms with Gasteiger partial charge in [-0.25, -0.2) is 4.98 Å². The van der Waals surface area contributed by atoms with Crippen molar-refractivity contribution in [1.82, 2.24) is 4.98 Å². The average molecular weight is 334 g/mol. The van der Waals surface area contributed by atoms with Crippen LogP contribution in [0.3, 0.4) is 0 Å². The summed E-state index contributed by atoms with van der Waals surface area (Å²) in [6.07, 6.45) is 2.09. The third-order valence-corrected chi connectivity index (χ3v) is 3.67. The summed E-state index contributed by atoms with van der Waals surface area (Å²) in [6.45, 7) is 3.85. The first-order chi connectivity index (χ1) is 9.58. The molecule has 0 unspecified atom stereocenters. The maximum atomic E-state index is 11.3. The first-order valence-corrected chi connectivity index (χ1v) is 7.17. The van der Waals surface area contributed by atoms with Gasteiger partial charge in [-0.2, -0.15) is 0 Å². The molecule has 20 heavy (non-hydrogen) atoms. The molecule has 0 fully saturated rings. The zero-order valence-corrected chi connectivity index (χ0v) is 13.0. The van der Waals surface area contributed by atoms with Crippen molar-refractivity contribution in [2.75, 3.05) is 10.6 Å². The summed E-state index contributed by atoms with van der Waals surface area (Å²) < 4.78 is 1.05. The van der Waals surface area contributed by atoms with E-state index in [1.807, 2.05) is 44.2 Å². The fraction of sp³-hybridized carbons (Fsp3) is 0.200. The van der Waals surface area contributed by atoms with Gasteiger partial charge in [-0.3, -0.25) is 4.79 Å². The first-order valence-electron chi connectivity index (χ1n) is 6.37. The van der Waals surface area contributed by atoms with E-state index < -0.39 is 0 Å². The van der Waals surface area contributed by atoms with Crippen molar-refractivity contribution in [3.63, 3.8) is 0 Å². The fourth-order valence-electron chi connectivity index (χ4n) is 1.61. The van der Waals surface area contributed by atoms with Gasteiger partial charge in [0.25, 0.3) is 0 Å². The van der Waals surface area contributed by atoms with Gasteiger partial charge in [0.1, 0.15) is 5.82 Å². The lowest BCUT2D eigenvalue weighted by molar-refractivity contribution is -0.115. The Hall–Kier alpha value is -1.88. The second-order valence-electron chi connectivity index (χ2n) is 4.42. The highest BCUT2D eigenvalue weighted by Gasteiger charge is 2.01. The normalized spacial score (nSPS) is 10.2. The molecular weight excluding hydrogens is 318 g/mol. The summed E-state index contributed by atoms with van der Waals surface area (Å²) in [7, 11) is 0. The van der Waals surface area contributed by atoms with Gasteiger partial charge >= 0.3 is 0 Å². The minimum Gasteiger partial charge on any atom is -0.340 e. The molecule has 0 spiro atoms. The molecule has 0 saturated carbocycles. The number of nitrogens with zero attached hydrogens (tertiary/aromatic N) is 1. The molecule has 5 heteroatoms. The number of amides is 1. The molecule has 0 aliphatic heterocycles. The Morgan fingerprint density at radius 2 is 2.00 bits per heavy atom. The largest absolute Gasteiger partial charge is 0.340 e. The van der Waals surface area contributed by atoms with Crippen LogP contribution in [0, 0.1) is 6.92 Å². The highest BCUT2D eigenvalue weighted by atomic mass is 79.9. The maximum absolute atomic E-state index is 11.3. The molecule has 1 aromatic carbocycles. The van der Waals surface area contributed by atoms with E-state index in [1.165, 1.54) is 5.56 Å². The van der Waals surface area contributed by atoms with Crippen LogP contribution in [0.1, 0.15) is 18.9 Å². The number of aromatic nitrogens is 1. The number of pyridine rings is 1. The Balaban J connectivity index is 2.06. The number of halogens is 1. The van der Waals surface area contributed by atoms with Crippen LogP contribution in [0.15, 0.2) is 41.0 Å². The van der Waals surface area contributed by atoms with Gasteiger partial charge in [0.15, 0.2) is 0 Å². The molecule has 2 rings (SSSR count). The maximum Gasteiger partial charge on any atom is 0.224 e. The van der Waals surface area contributed by atoms with Gasteiger partial charge in [0.05, 0.1) is 11.9 Å². The summed E-state index contributed by atoms with van der Waals surface area (Å²) >= 11 is 3.50. The molecule has 4 nitrogen and oxygen atoms in total. The molecule has 1 amide bonds. The Bertz CT molecular complexity index is 611. The van der Waals surface area contributed by atoms with E-state index in [1.54, 1.807) is 6.20 Å². The zero-order valence-electron chi connectivity index (χ0n) is 11.4. The molecule has 104 valence electrons. The Morgan fingerprint density at radius 1 is 1.25 bits per heavy atom. The van der Waals surface area contributed by atoms with Crippen LogP contribution >= 0.6 is 15.9 Å². The van der Waals surface area contributed by atoms with Gasteiger partial charge in [-0.15, -0.1) is 0 Å². The molecule has 1 heterocycles. The predicted octanol–water partition coefficient (Wildman–Crippen LogP) is 4.24. The molecule has 0 bridgehead atoms. The number of hydrogen-bond donors (Lipinski definition) is 2. The van der Waals surface area contributed by atoms with Crippen LogP contribution in [-0.4, -0.2) is 10.9 Å². The van der Waals surface area contributed by atoms with Crippen LogP contribution in [-0.2, 0) is 4.79 Å². The Morgan fingerprint density at radius 3 is 2.60 bits per heavy atom. The molecule has 0 saturated heterocycles. The van der Waals surface area contributed by atoms with Crippen molar-refractivity contribution in [2.24, 2.45) is 0 Å². The van der Waals surface area contributed by atoms with Gasteiger partial charge in [0, 0.05) is 16.6 Å². The first kappa shape index (κ1) is 14.5. The summed E-state index contributed by atoms with van der Waals surface area (Å²) in [5.41, 5.74) is 2.84. The third kappa shape index (κ3) is 3.81. The second-order valence-corrected chi connectivity index (χ2v) is 5.28. The summed E-state index contributed by atoms with van der Waals surface area (Å²) in [6, 6.07) is 9.69. The zero-order chi connectivity index (χ0) is 14.5. The minimum absolute atomic E-state index is 0.0185. The average Bonchev–Trinajstić information content (AvgIpc) is 2.45. The third-order valence-electron chi connectivity index (χ3n) is 2.81. The molecule has 0 aliphatic rings. The predicted molar refractivity (Wildman–Crippen MR) is 85.3 cm³/mol. The lowest BCUT2D eigenvalue weighted by Crippen LogP contribution is -2.09. The van der Waals surface area contributed by atoms with Crippen molar-refractivity contribution in [3.05, 3.63) is 46.6 Å². The van der Waals surface area contributed by atoms with E-state index in [-0.39, 0.29) is 5.91 Å². The molecule has 1 aromatic heterocycles. The monoisotopic (exact) mass is 333 g/mol. The molecule has 0 aliphatic carbocycles. The van der Waals surface area contributed by atoms with Crippen LogP contribution < -0.4 is 10.6 Å². The van der Waals surface area contributed by atoms with Crippen LogP contribution in [0.25, 0.3) is 0 Å². The van der Waals surface area contributed by atoms with Crippen molar-refractivity contribution < 1.29 is 4.79 Å². The van der Waals surface area contributed by atoms with Gasteiger partial charge in [-0.05, 0) is 36.8 Å². The number of carbonyl (C=O) groups excluding carboxylic acids is 1. The van der Waals surface area contributed by atoms with Gasteiger partial charge in [-0.1, -0.05) is 28.9 Å². The summed E-state index contributed by atoms with van der Waals surface area (Å²) in [5.74, 6) is 0.713. The van der Waals surface area contributed by atoms with Crippen molar-refractivity contribution in [2.45, 2.75) is 20.3 Å². The van der Waals surface area contributed by atoms with Crippen LogP contribution in [0.4, 0.5) is 17.2 Å². The van der Waals surface area contributed by atoms with Gasteiger partial charge < -0.3 is 10.6 Å². The Kier molecular flexibility index (Phi) is 4.74. The molecular formula is C15H16BrN3O. The number of anilines is 3. The van der Waals surface area contributed by atoms with E-state index in [9.17, 15) is 4.79 Å². The fourth-order valence-corrected chi connectivity index (χ4v) is 1.99. The topological polar surface area (TPSA) is 54.0 Å². The highest BCUT2D eigenvalue weighted by molar-refractivity contribution is 9.10. The Labute approximate surface area is 126 Å². The molecule has 0 atom stereocenters. The number of carbonyl (C=O) groups is 1. The molecule has 2 aromatic rings. The van der Waals surface area contributed by atoms with Crippen molar-refractivity contribution >= 4 is 39.0 Å². The number of hydrogen-bond acceptors (Lipinski definition) is 3. The summed E-state index contributed by atoms with van der Waals surface area (Å²) in [4.78, 5) is 15.5. The van der Waals surface area contributed by atoms with E-state index >= 15 is 0 Å². The van der Waals surface area contributed by atoms with Crippen molar-refractivity contribution in [3.8, 4) is 0 Å². The van der Waals surface area contributed by atoms with E-state index in [2.05, 4.69) is 31.5 Å². The number of aryl methyl sites for hydroxylation is 1. The van der Waals surface area contributed by atoms with Gasteiger partial charge in [0.2, 0.25) is 5.91 Å².